The number of nitrogens with one attached hydrogen (secondary N) is 1. The largest absolute Gasteiger partial charge is 0.307 e. The van der Waals surface area contributed by atoms with Crippen LogP contribution < -0.4 is 0 Å². The Bertz CT molecular complexity index is 128. The second kappa shape index (κ2) is 2.76. The fourth-order valence-corrected chi connectivity index (χ4v) is 0.616. The van der Waals surface area contributed by atoms with Crippen molar-refractivity contribution in [1.82, 2.24) is 0 Å². The van der Waals surface area contributed by atoms with Gasteiger partial charge in [0.15, 0.2) is 0 Å². The molecule has 0 aliphatic rings. The normalized spacial score (nSPS) is 13.6. The smallest absolute Gasteiger partial charge is 0.0573 e. The summed E-state index contributed by atoms with van der Waals surface area (Å²) in [5.41, 5.74) is 0.860. The SMILES string of the molecule is CN=C(C=N)C(C)(C)C. The second-order valence-corrected chi connectivity index (χ2v) is 3.00. The van der Waals surface area contributed by atoms with Gasteiger partial charge in [-0.1, -0.05) is 20.8 Å². The molecule has 0 rings (SSSR count). The Morgan fingerprint density at radius 2 is 1.89 bits per heavy atom. The van der Waals surface area contributed by atoms with Crippen LogP contribution in [0.1, 0.15) is 20.8 Å². The molecule has 0 atom stereocenters. The summed E-state index contributed by atoms with van der Waals surface area (Å²) in [7, 11) is 1.71. The molecule has 0 saturated carbocycles. The zero-order chi connectivity index (χ0) is 7.49. The molecule has 0 aromatic heterocycles. The summed E-state index contributed by atoms with van der Waals surface area (Å²) in [5, 5.41) is 6.96. The minimum absolute atomic E-state index is 0.0243. The lowest BCUT2D eigenvalue weighted by Crippen LogP contribution is -2.20. The average molecular weight is 126 g/mol. The predicted octanol–water partition coefficient (Wildman–Crippen LogP) is 1.75. The maximum Gasteiger partial charge on any atom is 0.0573 e. The maximum atomic E-state index is 6.96. The van der Waals surface area contributed by atoms with E-state index < -0.39 is 0 Å². The van der Waals surface area contributed by atoms with E-state index in [1.165, 1.54) is 6.21 Å². The van der Waals surface area contributed by atoms with Gasteiger partial charge in [-0.05, 0) is 0 Å². The molecule has 0 aliphatic carbocycles. The Labute approximate surface area is 56.5 Å². The van der Waals surface area contributed by atoms with Crippen LogP contribution >= 0.6 is 0 Å². The van der Waals surface area contributed by atoms with Crippen LogP contribution in [-0.4, -0.2) is 19.0 Å². The summed E-state index contributed by atoms with van der Waals surface area (Å²) in [5.74, 6) is 0. The molecule has 0 heterocycles. The third-order valence-electron chi connectivity index (χ3n) is 1.15. The van der Waals surface area contributed by atoms with E-state index in [4.69, 9.17) is 5.41 Å². The van der Waals surface area contributed by atoms with Gasteiger partial charge < -0.3 is 5.41 Å². The Morgan fingerprint density at radius 1 is 1.44 bits per heavy atom. The van der Waals surface area contributed by atoms with E-state index in [-0.39, 0.29) is 5.41 Å². The lowest BCUT2D eigenvalue weighted by atomic mass is 9.91. The van der Waals surface area contributed by atoms with Crippen LogP contribution in [0.4, 0.5) is 0 Å². The van der Waals surface area contributed by atoms with Gasteiger partial charge in [0, 0.05) is 18.7 Å². The van der Waals surface area contributed by atoms with E-state index in [1.54, 1.807) is 7.05 Å². The zero-order valence-electron chi connectivity index (χ0n) is 6.52. The van der Waals surface area contributed by atoms with Crippen LogP contribution in [-0.2, 0) is 0 Å². The molecule has 2 heteroatoms. The molecule has 0 spiro atoms. The molecule has 0 aromatic rings. The molecule has 0 bridgehead atoms. The number of aliphatic imine (C=N–C) groups is 1. The van der Waals surface area contributed by atoms with Gasteiger partial charge >= 0.3 is 0 Å². The summed E-state index contributed by atoms with van der Waals surface area (Å²) in [6.45, 7) is 6.13. The van der Waals surface area contributed by atoms with Crippen molar-refractivity contribution >= 4 is 11.9 Å². The van der Waals surface area contributed by atoms with Crippen LogP contribution in [0.25, 0.3) is 0 Å². The fourth-order valence-electron chi connectivity index (χ4n) is 0.616. The standard InChI is InChI=1S/C7H14N2/c1-7(2,3)6(5-8)9-4/h5,8H,1-4H3. The Balaban J connectivity index is 4.32. The maximum absolute atomic E-state index is 6.96. The summed E-state index contributed by atoms with van der Waals surface area (Å²) in [4.78, 5) is 3.95. The molecular formula is C7H14N2. The van der Waals surface area contributed by atoms with Gasteiger partial charge in [0.25, 0.3) is 0 Å². The zero-order valence-corrected chi connectivity index (χ0v) is 6.52. The monoisotopic (exact) mass is 126 g/mol. The van der Waals surface area contributed by atoms with Gasteiger partial charge in [0.05, 0.1) is 5.71 Å². The van der Waals surface area contributed by atoms with Gasteiger partial charge in [-0.2, -0.15) is 0 Å². The molecule has 0 aliphatic heterocycles. The molecule has 0 fully saturated rings. The van der Waals surface area contributed by atoms with E-state index in [0.717, 1.165) is 5.71 Å². The molecule has 2 nitrogen and oxygen atoms in total. The summed E-state index contributed by atoms with van der Waals surface area (Å²) >= 11 is 0. The Morgan fingerprint density at radius 3 is 1.89 bits per heavy atom. The van der Waals surface area contributed by atoms with Crippen molar-refractivity contribution < 1.29 is 0 Å². The van der Waals surface area contributed by atoms with E-state index in [1.807, 2.05) is 20.8 Å². The topological polar surface area (TPSA) is 36.2 Å². The highest BCUT2D eigenvalue weighted by molar-refractivity contribution is 6.31. The highest BCUT2D eigenvalue weighted by Crippen LogP contribution is 2.13. The van der Waals surface area contributed by atoms with Crippen molar-refractivity contribution in [1.29, 1.82) is 5.41 Å². The Kier molecular flexibility index (Phi) is 2.56. The van der Waals surface area contributed by atoms with Crippen LogP contribution in [0.15, 0.2) is 4.99 Å². The van der Waals surface area contributed by atoms with Crippen molar-refractivity contribution in [2.45, 2.75) is 20.8 Å². The number of nitrogens with zero attached hydrogens (tertiary/aromatic N) is 1. The van der Waals surface area contributed by atoms with Crippen LogP contribution in [0.5, 0.6) is 0 Å². The van der Waals surface area contributed by atoms with Crippen molar-refractivity contribution in [3.63, 3.8) is 0 Å². The van der Waals surface area contributed by atoms with Gasteiger partial charge in [-0.15, -0.1) is 0 Å². The van der Waals surface area contributed by atoms with E-state index in [0.29, 0.717) is 0 Å². The van der Waals surface area contributed by atoms with Crippen molar-refractivity contribution in [3.8, 4) is 0 Å². The number of hydrogen-bond acceptors (Lipinski definition) is 2. The first-order valence-corrected chi connectivity index (χ1v) is 3.00. The highest BCUT2D eigenvalue weighted by atomic mass is 14.7. The quantitative estimate of drug-likeness (QED) is 0.520. The molecule has 0 saturated heterocycles. The minimum atomic E-state index is 0.0243. The third kappa shape index (κ3) is 2.40. The van der Waals surface area contributed by atoms with E-state index >= 15 is 0 Å². The molecule has 1 N–H and O–H groups in total. The third-order valence-corrected chi connectivity index (χ3v) is 1.15. The first-order chi connectivity index (χ1) is 4.02. The molecule has 0 radical (unpaired) electrons. The lowest BCUT2D eigenvalue weighted by molar-refractivity contribution is 0.597. The fraction of sp³-hybridized carbons (Fsp3) is 0.714. The van der Waals surface area contributed by atoms with Crippen molar-refractivity contribution in [2.24, 2.45) is 10.4 Å². The number of hydrogen-bond donors (Lipinski definition) is 1. The molecule has 9 heavy (non-hydrogen) atoms. The average Bonchev–Trinajstić information content (AvgIpc) is 1.65. The van der Waals surface area contributed by atoms with Gasteiger partial charge in [-0.3, -0.25) is 4.99 Å². The van der Waals surface area contributed by atoms with Crippen molar-refractivity contribution in [2.75, 3.05) is 7.05 Å². The van der Waals surface area contributed by atoms with Gasteiger partial charge in [0.2, 0.25) is 0 Å². The Hall–Kier alpha value is -0.660. The number of rotatable bonds is 1. The highest BCUT2D eigenvalue weighted by Gasteiger charge is 2.14. The summed E-state index contributed by atoms with van der Waals surface area (Å²) < 4.78 is 0. The van der Waals surface area contributed by atoms with Gasteiger partial charge in [0.1, 0.15) is 0 Å². The van der Waals surface area contributed by atoms with Crippen LogP contribution in [0, 0.1) is 10.8 Å². The molecule has 52 valence electrons. The molecule has 0 amide bonds. The molecule has 0 aromatic carbocycles. The van der Waals surface area contributed by atoms with E-state index in [2.05, 4.69) is 4.99 Å². The lowest BCUT2D eigenvalue weighted by Gasteiger charge is -2.16. The van der Waals surface area contributed by atoms with Crippen molar-refractivity contribution in [3.05, 3.63) is 0 Å². The molecule has 0 unspecified atom stereocenters. The molecular weight excluding hydrogens is 112 g/mol. The second-order valence-electron chi connectivity index (χ2n) is 3.00. The van der Waals surface area contributed by atoms with Crippen LogP contribution in [0.3, 0.4) is 0 Å². The summed E-state index contributed by atoms with van der Waals surface area (Å²) in [6.07, 6.45) is 1.31. The van der Waals surface area contributed by atoms with E-state index in [9.17, 15) is 0 Å². The van der Waals surface area contributed by atoms with Crippen LogP contribution in [0.2, 0.25) is 0 Å². The first-order valence-electron chi connectivity index (χ1n) is 3.00. The summed E-state index contributed by atoms with van der Waals surface area (Å²) in [6, 6.07) is 0. The first kappa shape index (κ1) is 8.34. The predicted molar refractivity (Wildman–Crippen MR) is 41.6 cm³/mol. The van der Waals surface area contributed by atoms with Gasteiger partial charge in [-0.25, -0.2) is 0 Å². The minimum Gasteiger partial charge on any atom is -0.307 e.